The first-order chi connectivity index (χ1) is 11.3. The monoisotopic (exact) mass is 345 g/mol. The van der Waals surface area contributed by atoms with E-state index in [0.717, 1.165) is 11.1 Å². The molecule has 4 nitrogen and oxygen atoms in total. The molecule has 1 aromatic heterocycles. The van der Waals surface area contributed by atoms with Crippen LogP contribution in [0.1, 0.15) is 32.8 Å². The van der Waals surface area contributed by atoms with E-state index in [0.29, 0.717) is 23.1 Å². The van der Waals surface area contributed by atoms with Crippen molar-refractivity contribution in [2.24, 2.45) is 5.92 Å². The number of halogens is 1. The van der Waals surface area contributed by atoms with Gasteiger partial charge in [-0.3, -0.25) is 0 Å². The molecule has 2 aromatic rings. The summed E-state index contributed by atoms with van der Waals surface area (Å²) in [4.78, 5) is 15.5. The first kappa shape index (κ1) is 18.0. The molecule has 1 heterocycles. The van der Waals surface area contributed by atoms with Crippen LogP contribution in [0.2, 0.25) is 5.02 Å². The van der Waals surface area contributed by atoms with E-state index in [9.17, 15) is 9.90 Å². The van der Waals surface area contributed by atoms with Crippen LogP contribution in [0.4, 0.5) is 0 Å². The van der Waals surface area contributed by atoms with E-state index in [2.05, 4.69) is 4.98 Å². The van der Waals surface area contributed by atoms with Crippen molar-refractivity contribution in [3.05, 3.63) is 52.7 Å². The molecule has 0 spiro atoms. The van der Waals surface area contributed by atoms with Crippen molar-refractivity contribution in [2.45, 2.75) is 27.2 Å². The van der Waals surface area contributed by atoms with Gasteiger partial charge in [-0.2, -0.15) is 0 Å². The summed E-state index contributed by atoms with van der Waals surface area (Å²) in [5, 5.41) is 9.65. The number of nitrogens with zero attached hydrogens (tertiary/aromatic N) is 1. The van der Waals surface area contributed by atoms with E-state index in [-0.39, 0.29) is 17.5 Å². The minimum Gasteiger partial charge on any atom is -0.508 e. The highest BCUT2D eigenvalue weighted by atomic mass is 35.5. The molecule has 0 saturated heterocycles. The zero-order valence-corrected chi connectivity index (χ0v) is 14.7. The number of rotatable bonds is 6. The SMILES string of the molecule is CC(=O)CC(C)/C(C)=C/c1ccc(Oc2ccc(O)cc2Cl)nc1. The van der Waals surface area contributed by atoms with E-state index in [4.69, 9.17) is 16.3 Å². The molecule has 5 heteroatoms. The van der Waals surface area contributed by atoms with Gasteiger partial charge >= 0.3 is 0 Å². The molecule has 1 N–H and O–H groups in total. The number of aromatic hydroxyl groups is 1. The summed E-state index contributed by atoms with van der Waals surface area (Å²) in [5.41, 5.74) is 2.06. The quantitative estimate of drug-likeness (QED) is 0.776. The Balaban J connectivity index is 2.08. The normalized spacial score (nSPS) is 12.8. The Morgan fingerprint density at radius 2 is 2.08 bits per heavy atom. The molecule has 126 valence electrons. The third-order valence-electron chi connectivity index (χ3n) is 3.65. The van der Waals surface area contributed by atoms with E-state index in [1.807, 2.05) is 26.0 Å². The minimum atomic E-state index is 0.0796. The lowest BCUT2D eigenvalue weighted by molar-refractivity contribution is -0.117. The number of Topliss-reactive ketones (excluding diaryl/α,β-unsaturated/α-hetero) is 1. The van der Waals surface area contributed by atoms with Gasteiger partial charge in [0.2, 0.25) is 5.88 Å². The second-order valence-electron chi connectivity index (χ2n) is 5.84. The third-order valence-corrected chi connectivity index (χ3v) is 3.95. The topological polar surface area (TPSA) is 59.4 Å². The third kappa shape index (κ3) is 5.10. The molecule has 1 aromatic carbocycles. The van der Waals surface area contributed by atoms with Gasteiger partial charge in [-0.15, -0.1) is 0 Å². The molecule has 1 atom stereocenters. The van der Waals surface area contributed by atoms with Gasteiger partial charge in [0, 0.05) is 24.8 Å². The molecule has 0 aliphatic rings. The van der Waals surface area contributed by atoms with Crippen LogP contribution >= 0.6 is 11.6 Å². The predicted molar refractivity (Wildman–Crippen MR) is 95.5 cm³/mol. The molecule has 0 radical (unpaired) electrons. The van der Waals surface area contributed by atoms with Crippen LogP contribution in [-0.4, -0.2) is 15.9 Å². The Morgan fingerprint density at radius 3 is 2.67 bits per heavy atom. The summed E-state index contributed by atoms with van der Waals surface area (Å²) in [6.45, 7) is 5.64. The lowest BCUT2D eigenvalue weighted by atomic mass is 9.96. The maximum Gasteiger partial charge on any atom is 0.219 e. The Kier molecular flexibility index (Phi) is 5.99. The number of hydrogen-bond acceptors (Lipinski definition) is 4. The van der Waals surface area contributed by atoms with Gasteiger partial charge < -0.3 is 14.6 Å². The summed E-state index contributed by atoms with van der Waals surface area (Å²) in [6, 6.07) is 8.13. The summed E-state index contributed by atoms with van der Waals surface area (Å²) >= 11 is 6.01. The van der Waals surface area contributed by atoms with Crippen LogP contribution in [0.5, 0.6) is 17.4 Å². The Bertz CT molecular complexity index is 754. The average molecular weight is 346 g/mol. The smallest absolute Gasteiger partial charge is 0.219 e. The van der Waals surface area contributed by atoms with Crippen LogP contribution in [0, 0.1) is 5.92 Å². The highest BCUT2D eigenvalue weighted by molar-refractivity contribution is 6.32. The number of phenols is 1. The van der Waals surface area contributed by atoms with Crippen LogP contribution < -0.4 is 4.74 Å². The fourth-order valence-corrected chi connectivity index (χ4v) is 2.43. The first-order valence-corrected chi connectivity index (χ1v) is 8.03. The molecule has 0 saturated carbocycles. The van der Waals surface area contributed by atoms with Gasteiger partial charge in [0.15, 0.2) is 0 Å². The van der Waals surface area contributed by atoms with Gasteiger partial charge in [-0.05, 0) is 43.5 Å². The van der Waals surface area contributed by atoms with Gasteiger partial charge in [-0.1, -0.05) is 30.2 Å². The zero-order valence-electron chi connectivity index (χ0n) is 13.9. The van der Waals surface area contributed by atoms with E-state index >= 15 is 0 Å². The summed E-state index contributed by atoms with van der Waals surface area (Å²) in [6.07, 6.45) is 4.25. The second kappa shape index (κ2) is 7.97. The highest BCUT2D eigenvalue weighted by Gasteiger charge is 2.08. The number of pyridine rings is 1. The van der Waals surface area contributed by atoms with Crippen molar-refractivity contribution in [1.29, 1.82) is 0 Å². The maximum atomic E-state index is 11.2. The lowest BCUT2D eigenvalue weighted by Crippen LogP contribution is -2.02. The fraction of sp³-hybridized carbons (Fsp3) is 0.263. The average Bonchev–Trinajstić information content (AvgIpc) is 2.51. The number of carbonyl (C=O) groups is 1. The molecular formula is C19H20ClNO3. The fourth-order valence-electron chi connectivity index (χ4n) is 2.22. The predicted octanol–water partition coefficient (Wildman–Crippen LogP) is 5.25. The van der Waals surface area contributed by atoms with Gasteiger partial charge in [0.1, 0.15) is 17.3 Å². The van der Waals surface area contributed by atoms with Crippen LogP contribution in [0.15, 0.2) is 42.1 Å². The molecule has 1 unspecified atom stereocenters. The lowest BCUT2D eigenvalue weighted by Gasteiger charge is -2.10. The summed E-state index contributed by atoms with van der Waals surface area (Å²) < 4.78 is 5.60. The summed E-state index contributed by atoms with van der Waals surface area (Å²) in [7, 11) is 0. The first-order valence-electron chi connectivity index (χ1n) is 7.65. The number of phenolic OH excluding ortho intramolecular Hbond substituents is 1. The van der Waals surface area contributed by atoms with Crippen molar-refractivity contribution in [3.8, 4) is 17.4 Å². The van der Waals surface area contributed by atoms with Crippen molar-refractivity contribution in [3.63, 3.8) is 0 Å². The van der Waals surface area contributed by atoms with Gasteiger partial charge in [0.05, 0.1) is 5.02 Å². The number of benzene rings is 1. The number of ketones is 1. The number of aromatic nitrogens is 1. The molecule has 0 aliphatic carbocycles. The molecule has 24 heavy (non-hydrogen) atoms. The van der Waals surface area contributed by atoms with Crippen molar-refractivity contribution < 1.29 is 14.6 Å². The number of carbonyl (C=O) groups excluding carboxylic acids is 1. The Labute approximate surface area is 146 Å². The molecule has 0 aliphatic heterocycles. The highest BCUT2D eigenvalue weighted by Crippen LogP contribution is 2.31. The zero-order chi connectivity index (χ0) is 17.7. The van der Waals surface area contributed by atoms with Gasteiger partial charge in [-0.25, -0.2) is 4.98 Å². The number of ether oxygens (including phenoxy) is 1. The Morgan fingerprint density at radius 1 is 1.33 bits per heavy atom. The summed E-state index contributed by atoms with van der Waals surface area (Å²) in [5.74, 6) is 1.30. The van der Waals surface area contributed by atoms with E-state index < -0.39 is 0 Å². The standard InChI is InChI=1S/C19H20ClNO3/c1-12(8-14(3)22)13(2)9-15-4-7-19(21-11-15)24-18-6-5-16(23)10-17(18)20/h4-7,9-12,23H,8H2,1-3H3/b13-9+. The van der Waals surface area contributed by atoms with E-state index in [1.165, 1.54) is 12.1 Å². The molecule has 2 rings (SSSR count). The maximum absolute atomic E-state index is 11.2. The van der Waals surface area contributed by atoms with Crippen molar-refractivity contribution in [2.75, 3.05) is 0 Å². The van der Waals surface area contributed by atoms with Crippen LogP contribution in [0.25, 0.3) is 6.08 Å². The number of allylic oxidation sites excluding steroid dienone is 1. The minimum absolute atomic E-state index is 0.0796. The molecule has 0 amide bonds. The van der Waals surface area contributed by atoms with E-state index in [1.54, 1.807) is 25.3 Å². The van der Waals surface area contributed by atoms with Crippen LogP contribution in [0.3, 0.4) is 0 Å². The Hall–Kier alpha value is -2.33. The second-order valence-corrected chi connectivity index (χ2v) is 6.25. The molecule has 0 fully saturated rings. The molecule has 0 bridgehead atoms. The molecular weight excluding hydrogens is 326 g/mol. The van der Waals surface area contributed by atoms with Crippen LogP contribution in [-0.2, 0) is 4.79 Å². The number of hydrogen-bond donors (Lipinski definition) is 1. The van der Waals surface area contributed by atoms with Crippen molar-refractivity contribution in [1.82, 2.24) is 4.98 Å². The largest absolute Gasteiger partial charge is 0.508 e. The van der Waals surface area contributed by atoms with Gasteiger partial charge in [0.25, 0.3) is 0 Å². The van der Waals surface area contributed by atoms with Crippen molar-refractivity contribution >= 4 is 23.5 Å².